The van der Waals surface area contributed by atoms with E-state index in [9.17, 15) is 4.79 Å². The highest BCUT2D eigenvalue weighted by Gasteiger charge is 2.35. The predicted octanol–water partition coefficient (Wildman–Crippen LogP) is 1.40. The lowest BCUT2D eigenvalue weighted by atomic mass is 9.96. The first-order valence-electron chi connectivity index (χ1n) is 8.97. The Bertz CT molecular complexity index is 397. The molecular weight excluding hydrogens is 292 g/mol. The molecule has 6 nitrogen and oxygen atoms in total. The molecule has 2 aliphatic heterocycles. The summed E-state index contributed by atoms with van der Waals surface area (Å²) in [6.45, 7) is 12.4. The van der Waals surface area contributed by atoms with E-state index in [1.54, 1.807) is 0 Å². The van der Waals surface area contributed by atoms with Gasteiger partial charge in [0.05, 0.1) is 0 Å². The summed E-state index contributed by atoms with van der Waals surface area (Å²) in [6, 6.07) is 1.29. The molecular formula is C17H34N4O2. The van der Waals surface area contributed by atoms with Crippen LogP contribution in [0.15, 0.2) is 0 Å². The fourth-order valence-corrected chi connectivity index (χ4v) is 3.73. The zero-order chi connectivity index (χ0) is 17.0. The van der Waals surface area contributed by atoms with Crippen LogP contribution in [0.5, 0.6) is 0 Å². The molecule has 2 fully saturated rings. The van der Waals surface area contributed by atoms with E-state index in [4.69, 9.17) is 10.5 Å². The van der Waals surface area contributed by atoms with Gasteiger partial charge in [-0.2, -0.15) is 0 Å². The SMILES string of the molecule is CC1CN2CCCCC2CN1C(CN)CNC(=O)OC(C)(C)C. The number of rotatable bonds is 4. The summed E-state index contributed by atoms with van der Waals surface area (Å²) >= 11 is 0. The Morgan fingerprint density at radius 3 is 2.74 bits per heavy atom. The van der Waals surface area contributed by atoms with Gasteiger partial charge in [-0.1, -0.05) is 6.42 Å². The van der Waals surface area contributed by atoms with E-state index in [-0.39, 0.29) is 12.1 Å². The van der Waals surface area contributed by atoms with Crippen molar-refractivity contribution in [3.8, 4) is 0 Å². The fraction of sp³-hybridized carbons (Fsp3) is 0.941. The van der Waals surface area contributed by atoms with Crippen molar-refractivity contribution in [1.29, 1.82) is 0 Å². The number of nitrogens with two attached hydrogens (primary N) is 1. The van der Waals surface area contributed by atoms with Gasteiger partial charge in [0.15, 0.2) is 0 Å². The van der Waals surface area contributed by atoms with Gasteiger partial charge < -0.3 is 15.8 Å². The molecule has 0 aromatic carbocycles. The highest BCUT2D eigenvalue weighted by atomic mass is 16.6. The van der Waals surface area contributed by atoms with Gasteiger partial charge in [0, 0.05) is 44.3 Å². The molecule has 1 amide bonds. The van der Waals surface area contributed by atoms with Gasteiger partial charge in [0.2, 0.25) is 0 Å². The smallest absolute Gasteiger partial charge is 0.407 e. The number of carbonyl (C=O) groups excluding carboxylic acids is 1. The first kappa shape index (κ1) is 18.5. The average Bonchev–Trinajstić information content (AvgIpc) is 2.46. The van der Waals surface area contributed by atoms with Crippen molar-refractivity contribution >= 4 is 6.09 Å². The molecule has 0 bridgehead atoms. The molecule has 3 N–H and O–H groups in total. The molecule has 0 aromatic rings. The quantitative estimate of drug-likeness (QED) is 0.817. The Morgan fingerprint density at radius 1 is 1.35 bits per heavy atom. The second kappa shape index (κ2) is 7.81. The number of alkyl carbamates (subject to hydrolysis) is 1. The molecule has 23 heavy (non-hydrogen) atoms. The highest BCUT2D eigenvalue weighted by Crippen LogP contribution is 2.25. The van der Waals surface area contributed by atoms with Crippen molar-refractivity contribution in [2.45, 2.75) is 70.7 Å². The van der Waals surface area contributed by atoms with E-state index in [0.29, 0.717) is 25.2 Å². The van der Waals surface area contributed by atoms with Crippen LogP contribution >= 0.6 is 0 Å². The third kappa shape index (κ3) is 5.33. The molecule has 0 aromatic heterocycles. The monoisotopic (exact) mass is 326 g/mol. The van der Waals surface area contributed by atoms with Crippen LogP contribution in [0, 0.1) is 0 Å². The number of nitrogens with zero attached hydrogens (tertiary/aromatic N) is 2. The third-order valence-corrected chi connectivity index (χ3v) is 4.86. The van der Waals surface area contributed by atoms with E-state index < -0.39 is 5.60 Å². The van der Waals surface area contributed by atoms with E-state index in [1.165, 1.54) is 25.8 Å². The van der Waals surface area contributed by atoms with Crippen LogP contribution < -0.4 is 11.1 Å². The lowest BCUT2D eigenvalue weighted by Gasteiger charge is -2.50. The van der Waals surface area contributed by atoms with Gasteiger partial charge in [-0.05, 0) is 47.1 Å². The van der Waals surface area contributed by atoms with Crippen molar-refractivity contribution in [3.63, 3.8) is 0 Å². The van der Waals surface area contributed by atoms with Gasteiger partial charge in [-0.25, -0.2) is 4.79 Å². The lowest BCUT2D eigenvalue weighted by molar-refractivity contribution is -0.00684. The van der Waals surface area contributed by atoms with Crippen molar-refractivity contribution < 1.29 is 9.53 Å². The maximum Gasteiger partial charge on any atom is 0.407 e. The fourth-order valence-electron chi connectivity index (χ4n) is 3.73. The first-order chi connectivity index (χ1) is 10.8. The number of fused-ring (bicyclic) bond motifs is 1. The van der Waals surface area contributed by atoms with Crippen molar-refractivity contribution in [2.75, 3.05) is 32.7 Å². The molecule has 2 rings (SSSR count). The standard InChI is InChI=1S/C17H34N4O2/c1-13-11-20-8-6-5-7-14(20)12-21(13)15(9-18)10-19-16(22)23-17(2,3)4/h13-15H,5-12,18H2,1-4H3,(H,19,22). The van der Waals surface area contributed by atoms with Crippen LogP contribution in [0.3, 0.4) is 0 Å². The van der Waals surface area contributed by atoms with Gasteiger partial charge >= 0.3 is 6.09 Å². The number of hydrogen-bond donors (Lipinski definition) is 2. The Morgan fingerprint density at radius 2 is 2.09 bits per heavy atom. The molecule has 6 heteroatoms. The van der Waals surface area contributed by atoms with Crippen LogP contribution in [-0.2, 0) is 4.74 Å². The summed E-state index contributed by atoms with van der Waals surface area (Å²) in [5, 5.41) is 2.88. The minimum atomic E-state index is -0.469. The van der Waals surface area contributed by atoms with E-state index >= 15 is 0 Å². The molecule has 2 heterocycles. The Hall–Kier alpha value is -0.850. The zero-order valence-corrected chi connectivity index (χ0v) is 15.2. The first-order valence-corrected chi connectivity index (χ1v) is 8.97. The molecule has 2 saturated heterocycles. The molecule has 0 saturated carbocycles. The van der Waals surface area contributed by atoms with Crippen LogP contribution in [0.4, 0.5) is 4.79 Å². The van der Waals surface area contributed by atoms with Gasteiger partial charge in [0.1, 0.15) is 5.60 Å². The van der Waals surface area contributed by atoms with E-state index in [1.807, 2.05) is 20.8 Å². The van der Waals surface area contributed by atoms with Crippen LogP contribution in [-0.4, -0.2) is 72.3 Å². The number of carbonyl (C=O) groups is 1. The van der Waals surface area contributed by atoms with Crippen molar-refractivity contribution in [2.24, 2.45) is 5.73 Å². The van der Waals surface area contributed by atoms with E-state index in [2.05, 4.69) is 22.0 Å². The number of ether oxygens (including phenoxy) is 1. The van der Waals surface area contributed by atoms with Gasteiger partial charge in [-0.3, -0.25) is 9.80 Å². The Balaban J connectivity index is 1.88. The maximum atomic E-state index is 11.9. The molecule has 3 unspecified atom stereocenters. The molecule has 3 atom stereocenters. The molecule has 134 valence electrons. The molecule has 2 aliphatic rings. The number of hydrogen-bond acceptors (Lipinski definition) is 5. The average molecular weight is 326 g/mol. The third-order valence-electron chi connectivity index (χ3n) is 4.86. The van der Waals surface area contributed by atoms with Crippen LogP contribution in [0.25, 0.3) is 0 Å². The number of nitrogens with one attached hydrogen (secondary N) is 1. The minimum Gasteiger partial charge on any atom is -0.444 e. The maximum absolute atomic E-state index is 11.9. The highest BCUT2D eigenvalue weighted by molar-refractivity contribution is 5.67. The largest absolute Gasteiger partial charge is 0.444 e. The summed E-state index contributed by atoms with van der Waals surface area (Å²) in [6.07, 6.45) is 3.57. The predicted molar refractivity (Wildman–Crippen MR) is 92.5 cm³/mol. The minimum absolute atomic E-state index is 0.168. The Kier molecular flexibility index (Phi) is 6.28. The van der Waals surface area contributed by atoms with E-state index in [0.717, 1.165) is 13.1 Å². The van der Waals surface area contributed by atoms with Gasteiger partial charge in [-0.15, -0.1) is 0 Å². The lowest BCUT2D eigenvalue weighted by Crippen LogP contribution is -2.63. The van der Waals surface area contributed by atoms with Gasteiger partial charge in [0.25, 0.3) is 0 Å². The topological polar surface area (TPSA) is 70.8 Å². The van der Waals surface area contributed by atoms with Crippen molar-refractivity contribution in [3.05, 3.63) is 0 Å². The number of amides is 1. The summed E-state index contributed by atoms with van der Waals surface area (Å²) in [4.78, 5) is 17.0. The summed E-state index contributed by atoms with van der Waals surface area (Å²) < 4.78 is 5.32. The zero-order valence-electron chi connectivity index (χ0n) is 15.2. The molecule has 0 spiro atoms. The van der Waals surface area contributed by atoms with Crippen LogP contribution in [0.2, 0.25) is 0 Å². The summed E-state index contributed by atoms with van der Waals surface area (Å²) in [5.41, 5.74) is 5.53. The molecule has 0 radical (unpaired) electrons. The second-order valence-corrected chi connectivity index (χ2v) is 7.96. The molecule has 0 aliphatic carbocycles. The normalized spacial score (nSPS) is 28.0. The van der Waals surface area contributed by atoms with Crippen molar-refractivity contribution in [1.82, 2.24) is 15.1 Å². The Labute approximate surface area is 140 Å². The van der Waals surface area contributed by atoms with Crippen LogP contribution in [0.1, 0.15) is 47.0 Å². The second-order valence-electron chi connectivity index (χ2n) is 7.96. The number of piperidine rings is 1. The number of piperazine rings is 1. The summed E-state index contributed by atoms with van der Waals surface area (Å²) in [5.74, 6) is 0. The summed E-state index contributed by atoms with van der Waals surface area (Å²) in [7, 11) is 0.